The Morgan fingerprint density at radius 2 is 1.73 bits per heavy atom. The predicted molar refractivity (Wildman–Crippen MR) is 88.4 cm³/mol. The second-order valence-electron chi connectivity index (χ2n) is 4.60. The molecule has 0 aliphatic heterocycles. The third-order valence-electron chi connectivity index (χ3n) is 3.10. The van der Waals surface area contributed by atoms with E-state index in [9.17, 15) is 4.79 Å². The average molecular weight is 321 g/mol. The number of hydrogen-bond acceptors (Lipinski definition) is 3. The summed E-state index contributed by atoms with van der Waals surface area (Å²) in [5.41, 5.74) is 2.11. The summed E-state index contributed by atoms with van der Waals surface area (Å²) >= 11 is 5.94. The second-order valence-corrected chi connectivity index (χ2v) is 5.04. The molecule has 0 radical (unpaired) electrons. The smallest absolute Gasteiger partial charge is 0.323 e. The van der Waals surface area contributed by atoms with Crippen molar-refractivity contribution in [3.05, 3.63) is 47.0 Å². The fourth-order valence-electron chi connectivity index (χ4n) is 1.91. The molecule has 6 heteroatoms. The molecule has 0 aromatic heterocycles. The van der Waals surface area contributed by atoms with Crippen LogP contribution in [0.1, 0.15) is 5.56 Å². The summed E-state index contributed by atoms with van der Waals surface area (Å²) in [6.45, 7) is 1.89. The van der Waals surface area contributed by atoms with Gasteiger partial charge in [0.2, 0.25) is 0 Å². The first-order valence-corrected chi connectivity index (χ1v) is 6.97. The Morgan fingerprint density at radius 3 is 2.41 bits per heavy atom. The van der Waals surface area contributed by atoms with Crippen molar-refractivity contribution in [2.75, 3.05) is 24.9 Å². The van der Waals surface area contributed by atoms with Crippen molar-refractivity contribution in [2.45, 2.75) is 6.92 Å². The van der Waals surface area contributed by atoms with Crippen molar-refractivity contribution in [2.24, 2.45) is 0 Å². The predicted octanol–water partition coefficient (Wildman–Crippen LogP) is 4.31. The molecule has 2 amide bonds. The van der Waals surface area contributed by atoms with Gasteiger partial charge in [-0.1, -0.05) is 17.7 Å². The molecule has 0 heterocycles. The topological polar surface area (TPSA) is 59.6 Å². The summed E-state index contributed by atoms with van der Waals surface area (Å²) in [5, 5.41) is 6.05. The van der Waals surface area contributed by atoms with Crippen LogP contribution in [0.2, 0.25) is 5.02 Å². The summed E-state index contributed by atoms with van der Waals surface area (Å²) in [7, 11) is 3.09. The molecule has 0 aliphatic carbocycles. The van der Waals surface area contributed by atoms with Crippen LogP contribution in [0.15, 0.2) is 36.4 Å². The van der Waals surface area contributed by atoms with Crippen LogP contribution in [0.25, 0.3) is 0 Å². The molecule has 116 valence electrons. The Bertz CT molecular complexity index is 689. The summed E-state index contributed by atoms with van der Waals surface area (Å²) in [6.07, 6.45) is 0. The summed E-state index contributed by atoms with van der Waals surface area (Å²) < 4.78 is 10.4. The number of benzene rings is 2. The molecule has 0 unspecified atom stereocenters. The van der Waals surface area contributed by atoms with E-state index in [2.05, 4.69) is 10.6 Å². The SMILES string of the molecule is COc1ccc(NC(=O)Nc2cc(Cl)ccc2C)c(OC)c1. The van der Waals surface area contributed by atoms with E-state index in [4.69, 9.17) is 21.1 Å². The van der Waals surface area contributed by atoms with E-state index in [-0.39, 0.29) is 6.03 Å². The number of halogens is 1. The van der Waals surface area contributed by atoms with Gasteiger partial charge < -0.3 is 20.1 Å². The first-order valence-electron chi connectivity index (χ1n) is 6.59. The van der Waals surface area contributed by atoms with Crippen molar-refractivity contribution in [3.63, 3.8) is 0 Å². The normalized spacial score (nSPS) is 10.0. The Morgan fingerprint density at radius 1 is 1.00 bits per heavy atom. The molecule has 0 aliphatic rings. The summed E-state index contributed by atoms with van der Waals surface area (Å²) in [5.74, 6) is 1.16. The zero-order valence-electron chi connectivity index (χ0n) is 12.6. The van der Waals surface area contributed by atoms with E-state index < -0.39 is 0 Å². The minimum absolute atomic E-state index is 0.381. The molecule has 0 saturated carbocycles. The number of methoxy groups -OCH3 is 2. The second kappa shape index (κ2) is 7.04. The molecule has 0 saturated heterocycles. The number of hydrogen-bond donors (Lipinski definition) is 2. The number of carbonyl (C=O) groups excluding carboxylic acids is 1. The van der Waals surface area contributed by atoms with Gasteiger partial charge in [0.15, 0.2) is 0 Å². The first-order chi connectivity index (χ1) is 10.5. The molecule has 2 N–H and O–H groups in total. The number of rotatable bonds is 4. The Hall–Kier alpha value is -2.40. The molecular formula is C16H17ClN2O3. The third kappa shape index (κ3) is 3.83. The molecular weight excluding hydrogens is 304 g/mol. The van der Waals surface area contributed by atoms with E-state index in [1.165, 1.54) is 7.11 Å². The van der Waals surface area contributed by atoms with Gasteiger partial charge in [0.25, 0.3) is 0 Å². The zero-order valence-corrected chi connectivity index (χ0v) is 13.3. The molecule has 0 fully saturated rings. The highest BCUT2D eigenvalue weighted by Crippen LogP contribution is 2.29. The van der Waals surface area contributed by atoms with Gasteiger partial charge in [-0.3, -0.25) is 0 Å². The summed E-state index contributed by atoms with van der Waals surface area (Å²) in [4.78, 5) is 12.1. The van der Waals surface area contributed by atoms with E-state index in [1.807, 2.05) is 13.0 Å². The van der Waals surface area contributed by atoms with Crippen molar-refractivity contribution in [1.82, 2.24) is 0 Å². The lowest BCUT2D eigenvalue weighted by molar-refractivity contribution is 0.262. The number of amides is 2. The van der Waals surface area contributed by atoms with Gasteiger partial charge in [0.1, 0.15) is 11.5 Å². The quantitative estimate of drug-likeness (QED) is 0.882. The third-order valence-corrected chi connectivity index (χ3v) is 3.34. The molecule has 2 aromatic rings. The fourth-order valence-corrected chi connectivity index (χ4v) is 2.08. The largest absolute Gasteiger partial charge is 0.497 e. The van der Waals surface area contributed by atoms with Crippen LogP contribution < -0.4 is 20.1 Å². The minimum Gasteiger partial charge on any atom is -0.497 e. The fraction of sp³-hybridized carbons (Fsp3) is 0.188. The van der Waals surface area contributed by atoms with Gasteiger partial charge in [-0.2, -0.15) is 0 Å². The van der Waals surface area contributed by atoms with Gasteiger partial charge in [-0.25, -0.2) is 4.79 Å². The lowest BCUT2D eigenvalue weighted by Crippen LogP contribution is -2.20. The molecule has 0 bridgehead atoms. The zero-order chi connectivity index (χ0) is 16.1. The maximum absolute atomic E-state index is 12.1. The average Bonchev–Trinajstić information content (AvgIpc) is 2.51. The lowest BCUT2D eigenvalue weighted by atomic mass is 10.2. The molecule has 0 atom stereocenters. The minimum atomic E-state index is -0.381. The van der Waals surface area contributed by atoms with Crippen LogP contribution in [0.3, 0.4) is 0 Å². The van der Waals surface area contributed by atoms with E-state index in [1.54, 1.807) is 37.4 Å². The number of urea groups is 1. The maximum atomic E-state index is 12.1. The number of carbonyl (C=O) groups is 1. The van der Waals surface area contributed by atoms with Crippen LogP contribution >= 0.6 is 11.6 Å². The van der Waals surface area contributed by atoms with Crippen molar-refractivity contribution >= 4 is 29.0 Å². The first kappa shape index (κ1) is 16.0. The van der Waals surface area contributed by atoms with Gasteiger partial charge in [0, 0.05) is 16.8 Å². The van der Waals surface area contributed by atoms with Crippen LogP contribution in [0.4, 0.5) is 16.2 Å². The molecule has 2 aromatic carbocycles. The number of ether oxygens (including phenoxy) is 2. The number of nitrogens with one attached hydrogen (secondary N) is 2. The highest BCUT2D eigenvalue weighted by Gasteiger charge is 2.10. The van der Waals surface area contributed by atoms with Crippen LogP contribution in [0, 0.1) is 6.92 Å². The van der Waals surface area contributed by atoms with Crippen molar-refractivity contribution < 1.29 is 14.3 Å². The van der Waals surface area contributed by atoms with Gasteiger partial charge in [0.05, 0.1) is 19.9 Å². The molecule has 5 nitrogen and oxygen atoms in total. The van der Waals surface area contributed by atoms with E-state index in [0.29, 0.717) is 27.9 Å². The van der Waals surface area contributed by atoms with Crippen LogP contribution in [-0.4, -0.2) is 20.3 Å². The maximum Gasteiger partial charge on any atom is 0.323 e. The Balaban J connectivity index is 2.13. The van der Waals surface area contributed by atoms with E-state index in [0.717, 1.165) is 5.56 Å². The van der Waals surface area contributed by atoms with Crippen molar-refractivity contribution in [3.8, 4) is 11.5 Å². The summed E-state index contributed by atoms with van der Waals surface area (Å²) in [6, 6.07) is 10.1. The lowest BCUT2D eigenvalue weighted by Gasteiger charge is -2.13. The molecule has 22 heavy (non-hydrogen) atoms. The number of aryl methyl sites for hydroxylation is 1. The van der Waals surface area contributed by atoms with Crippen molar-refractivity contribution in [1.29, 1.82) is 0 Å². The van der Waals surface area contributed by atoms with Crippen LogP contribution in [-0.2, 0) is 0 Å². The molecule has 0 spiro atoms. The van der Waals surface area contributed by atoms with Gasteiger partial charge in [-0.15, -0.1) is 0 Å². The molecule has 2 rings (SSSR count). The Kier molecular flexibility index (Phi) is 5.12. The van der Waals surface area contributed by atoms with E-state index >= 15 is 0 Å². The number of anilines is 2. The standard InChI is InChI=1S/C16H17ClN2O3/c1-10-4-5-11(17)8-14(10)19-16(20)18-13-7-6-12(21-2)9-15(13)22-3/h4-9H,1-3H3,(H2,18,19,20). The van der Waals surface area contributed by atoms with Crippen LogP contribution in [0.5, 0.6) is 11.5 Å². The Labute approximate surface area is 134 Å². The van der Waals surface area contributed by atoms with Gasteiger partial charge in [-0.05, 0) is 36.8 Å². The highest BCUT2D eigenvalue weighted by atomic mass is 35.5. The monoisotopic (exact) mass is 320 g/mol. The van der Waals surface area contributed by atoms with Gasteiger partial charge >= 0.3 is 6.03 Å². The highest BCUT2D eigenvalue weighted by molar-refractivity contribution is 6.31.